The molecule has 5 heteroatoms. The summed E-state index contributed by atoms with van der Waals surface area (Å²) < 4.78 is 4.77. The van der Waals surface area contributed by atoms with Gasteiger partial charge in [0.1, 0.15) is 0 Å². The number of carbonyl (C=O) groups excluding carboxylic acids is 1. The molecule has 0 heterocycles. The van der Waals surface area contributed by atoms with Crippen molar-refractivity contribution >= 4 is 28.9 Å². The molecule has 0 radical (unpaired) electrons. The molecule has 1 aromatic carbocycles. The molecule has 0 aliphatic rings. The molecule has 112 valence electrons. The van der Waals surface area contributed by atoms with Crippen LogP contribution in [0.4, 0.5) is 11.4 Å². The van der Waals surface area contributed by atoms with E-state index in [0.717, 1.165) is 12.8 Å². The summed E-state index contributed by atoms with van der Waals surface area (Å²) >= 11 is 6.19. The van der Waals surface area contributed by atoms with Crippen LogP contribution in [0.15, 0.2) is 12.1 Å². The van der Waals surface area contributed by atoms with Gasteiger partial charge in [0.2, 0.25) is 0 Å². The van der Waals surface area contributed by atoms with Crippen molar-refractivity contribution in [3.63, 3.8) is 0 Å². The zero-order valence-electron chi connectivity index (χ0n) is 12.3. The SMILES string of the molecule is CCCCCC(C)Nc1c(Cl)cc(N)cc1C(=O)OC. The second-order valence-corrected chi connectivity index (χ2v) is 5.37. The largest absolute Gasteiger partial charge is 0.465 e. The lowest BCUT2D eigenvalue weighted by atomic mass is 10.1. The molecule has 0 saturated carbocycles. The van der Waals surface area contributed by atoms with Crippen LogP contribution in [-0.2, 0) is 4.74 Å². The van der Waals surface area contributed by atoms with Crippen LogP contribution in [0, 0.1) is 0 Å². The van der Waals surface area contributed by atoms with Crippen molar-refractivity contribution in [1.82, 2.24) is 0 Å². The Hall–Kier alpha value is -1.42. The minimum Gasteiger partial charge on any atom is -0.465 e. The van der Waals surface area contributed by atoms with E-state index in [4.69, 9.17) is 22.1 Å². The normalized spacial score (nSPS) is 12.0. The summed E-state index contributed by atoms with van der Waals surface area (Å²) in [4.78, 5) is 11.8. The number of benzene rings is 1. The van der Waals surface area contributed by atoms with Crippen molar-refractivity contribution in [3.8, 4) is 0 Å². The maximum absolute atomic E-state index is 11.8. The molecule has 1 aromatic rings. The average molecular weight is 299 g/mol. The molecule has 4 nitrogen and oxygen atoms in total. The van der Waals surface area contributed by atoms with Crippen LogP contribution in [0.1, 0.15) is 49.9 Å². The van der Waals surface area contributed by atoms with Gasteiger partial charge in [-0.2, -0.15) is 0 Å². The minimum atomic E-state index is -0.442. The fourth-order valence-electron chi connectivity index (χ4n) is 2.06. The highest BCUT2D eigenvalue weighted by Crippen LogP contribution is 2.30. The Labute approximate surface area is 125 Å². The third-order valence-electron chi connectivity index (χ3n) is 3.15. The number of hydrogen-bond acceptors (Lipinski definition) is 4. The Morgan fingerprint density at radius 1 is 1.45 bits per heavy atom. The third kappa shape index (κ3) is 4.60. The second kappa shape index (κ2) is 8.00. The summed E-state index contributed by atoms with van der Waals surface area (Å²) in [5.41, 5.74) is 7.14. The number of nitrogens with one attached hydrogen (secondary N) is 1. The van der Waals surface area contributed by atoms with Gasteiger partial charge in [0.05, 0.1) is 23.4 Å². The van der Waals surface area contributed by atoms with Crippen LogP contribution in [0.3, 0.4) is 0 Å². The first-order valence-corrected chi connectivity index (χ1v) is 7.31. The van der Waals surface area contributed by atoms with Gasteiger partial charge in [0.15, 0.2) is 0 Å². The molecular weight excluding hydrogens is 276 g/mol. The van der Waals surface area contributed by atoms with Crippen molar-refractivity contribution < 1.29 is 9.53 Å². The molecule has 1 unspecified atom stereocenters. The first kappa shape index (κ1) is 16.6. The predicted octanol–water partition coefficient (Wildman–Crippen LogP) is 4.09. The molecule has 0 fully saturated rings. The highest BCUT2D eigenvalue weighted by atomic mass is 35.5. The third-order valence-corrected chi connectivity index (χ3v) is 3.45. The second-order valence-electron chi connectivity index (χ2n) is 4.96. The number of anilines is 2. The number of ether oxygens (including phenoxy) is 1. The summed E-state index contributed by atoms with van der Waals surface area (Å²) in [5.74, 6) is -0.442. The van der Waals surface area contributed by atoms with Crippen LogP contribution < -0.4 is 11.1 Å². The number of rotatable bonds is 7. The van der Waals surface area contributed by atoms with Gasteiger partial charge < -0.3 is 15.8 Å². The van der Waals surface area contributed by atoms with Gasteiger partial charge in [0.25, 0.3) is 0 Å². The molecule has 3 N–H and O–H groups in total. The van der Waals surface area contributed by atoms with Gasteiger partial charge in [-0.15, -0.1) is 0 Å². The van der Waals surface area contributed by atoms with Crippen LogP contribution in [0.25, 0.3) is 0 Å². The fourth-order valence-corrected chi connectivity index (χ4v) is 2.35. The van der Waals surface area contributed by atoms with Crippen molar-refractivity contribution in [2.75, 3.05) is 18.2 Å². The van der Waals surface area contributed by atoms with E-state index in [0.29, 0.717) is 22.0 Å². The summed E-state index contributed by atoms with van der Waals surface area (Å²) in [6.45, 7) is 4.24. The molecule has 0 saturated heterocycles. The van der Waals surface area contributed by atoms with Crippen molar-refractivity contribution in [2.45, 2.75) is 45.6 Å². The lowest BCUT2D eigenvalue weighted by molar-refractivity contribution is 0.0602. The Balaban J connectivity index is 2.90. The first-order valence-electron chi connectivity index (χ1n) is 6.93. The van der Waals surface area contributed by atoms with E-state index in [1.807, 2.05) is 0 Å². The van der Waals surface area contributed by atoms with Crippen molar-refractivity contribution in [3.05, 3.63) is 22.7 Å². The topological polar surface area (TPSA) is 64.3 Å². The molecule has 0 spiro atoms. The number of carbonyl (C=O) groups is 1. The lowest BCUT2D eigenvalue weighted by Gasteiger charge is -2.19. The molecule has 0 amide bonds. The minimum absolute atomic E-state index is 0.228. The van der Waals surface area contributed by atoms with E-state index in [-0.39, 0.29) is 6.04 Å². The highest BCUT2D eigenvalue weighted by molar-refractivity contribution is 6.34. The van der Waals surface area contributed by atoms with E-state index >= 15 is 0 Å². The maximum Gasteiger partial charge on any atom is 0.340 e. The number of esters is 1. The van der Waals surface area contributed by atoms with Crippen LogP contribution >= 0.6 is 11.6 Å². The van der Waals surface area contributed by atoms with Crippen molar-refractivity contribution in [1.29, 1.82) is 0 Å². The van der Waals surface area contributed by atoms with Gasteiger partial charge in [-0.25, -0.2) is 4.79 Å². The fraction of sp³-hybridized carbons (Fsp3) is 0.533. The predicted molar refractivity (Wildman–Crippen MR) is 84.4 cm³/mol. The summed E-state index contributed by atoms with van der Waals surface area (Å²) in [5, 5.41) is 3.73. The molecule has 1 atom stereocenters. The molecule has 1 rings (SSSR count). The highest BCUT2D eigenvalue weighted by Gasteiger charge is 2.17. The molecule has 0 aliphatic carbocycles. The smallest absolute Gasteiger partial charge is 0.340 e. The Morgan fingerprint density at radius 2 is 2.15 bits per heavy atom. The number of unbranched alkanes of at least 4 members (excludes halogenated alkanes) is 2. The van der Waals surface area contributed by atoms with E-state index in [1.54, 1.807) is 12.1 Å². The van der Waals surface area contributed by atoms with E-state index in [9.17, 15) is 4.79 Å². The zero-order valence-corrected chi connectivity index (χ0v) is 13.1. The average Bonchev–Trinajstić information content (AvgIpc) is 2.41. The summed E-state index contributed by atoms with van der Waals surface area (Å²) in [7, 11) is 1.34. The van der Waals surface area contributed by atoms with Crippen LogP contribution in [0.2, 0.25) is 5.02 Å². The number of nitrogens with two attached hydrogens (primary N) is 1. The Kier molecular flexibility index (Phi) is 6.65. The molecule has 0 aliphatic heterocycles. The lowest BCUT2D eigenvalue weighted by Crippen LogP contribution is -2.18. The summed E-state index contributed by atoms with van der Waals surface area (Å²) in [6.07, 6.45) is 4.55. The zero-order chi connectivity index (χ0) is 15.1. The van der Waals surface area contributed by atoms with E-state index < -0.39 is 5.97 Å². The Bertz CT molecular complexity index is 463. The van der Waals surface area contributed by atoms with Crippen molar-refractivity contribution in [2.24, 2.45) is 0 Å². The van der Waals surface area contributed by atoms with Gasteiger partial charge in [-0.05, 0) is 25.5 Å². The van der Waals surface area contributed by atoms with Crippen LogP contribution in [0.5, 0.6) is 0 Å². The molecule has 0 bridgehead atoms. The standard InChI is InChI=1S/C15H23ClN2O2/c1-4-5-6-7-10(2)18-14-12(15(19)20-3)8-11(17)9-13(14)16/h8-10,18H,4-7,17H2,1-3H3. The van der Waals surface area contributed by atoms with E-state index in [1.165, 1.54) is 20.0 Å². The van der Waals surface area contributed by atoms with Gasteiger partial charge in [0, 0.05) is 11.7 Å². The van der Waals surface area contributed by atoms with Crippen LogP contribution in [-0.4, -0.2) is 19.1 Å². The monoisotopic (exact) mass is 298 g/mol. The number of methoxy groups -OCH3 is 1. The van der Waals surface area contributed by atoms with E-state index in [2.05, 4.69) is 19.2 Å². The number of nitrogen functional groups attached to an aromatic ring is 1. The quantitative estimate of drug-likeness (QED) is 0.452. The maximum atomic E-state index is 11.8. The molecule has 20 heavy (non-hydrogen) atoms. The number of hydrogen-bond donors (Lipinski definition) is 2. The molecular formula is C15H23ClN2O2. The Morgan fingerprint density at radius 3 is 2.75 bits per heavy atom. The first-order chi connectivity index (χ1) is 9.49. The summed E-state index contributed by atoms with van der Waals surface area (Å²) in [6, 6.07) is 3.44. The number of halogens is 1. The van der Waals surface area contributed by atoms with Gasteiger partial charge >= 0.3 is 5.97 Å². The van der Waals surface area contributed by atoms with Gasteiger partial charge in [-0.3, -0.25) is 0 Å². The van der Waals surface area contributed by atoms with Gasteiger partial charge in [-0.1, -0.05) is 37.8 Å². The molecule has 0 aromatic heterocycles.